The van der Waals surface area contributed by atoms with Crippen molar-refractivity contribution in [2.24, 2.45) is 0 Å². The molecule has 0 amide bonds. The minimum Gasteiger partial charge on any atom is -0.379 e. The summed E-state index contributed by atoms with van der Waals surface area (Å²) in [6, 6.07) is 6.11. The van der Waals surface area contributed by atoms with Gasteiger partial charge in [-0.1, -0.05) is 12.1 Å². The Morgan fingerprint density at radius 3 is 2.29 bits per heavy atom. The van der Waals surface area contributed by atoms with E-state index in [0.717, 1.165) is 24.3 Å². The quantitative estimate of drug-likeness (QED) is 0.638. The summed E-state index contributed by atoms with van der Waals surface area (Å²) < 4.78 is 76.7. The van der Waals surface area contributed by atoms with E-state index in [2.05, 4.69) is 5.32 Å². The fourth-order valence-corrected chi connectivity index (χ4v) is 1.72. The van der Waals surface area contributed by atoms with Gasteiger partial charge in [-0.2, -0.15) is 13.2 Å². The van der Waals surface area contributed by atoms with Crippen LogP contribution in [0.3, 0.4) is 0 Å². The molecule has 0 aliphatic carbocycles. The van der Waals surface area contributed by atoms with Crippen molar-refractivity contribution in [1.29, 1.82) is 0 Å². The van der Waals surface area contributed by atoms with Crippen LogP contribution in [0.4, 0.5) is 32.0 Å². The Morgan fingerprint density at radius 2 is 1.62 bits per heavy atom. The smallest absolute Gasteiger partial charge is 0.379 e. The summed E-state index contributed by atoms with van der Waals surface area (Å²) in [4.78, 5) is 0. The average Bonchev–Trinajstić information content (AvgIpc) is 2.43. The van der Waals surface area contributed by atoms with Gasteiger partial charge in [0.2, 0.25) is 0 Å². The van der Waals surface area contributed by atoms with E-state index in [9.17, 15) is 26.3 Å². The molecule has 0 saturated heterocycles. The third kappa shape index (κ3) is 3.48. The lowest BCUT2D eigenvalue weighted by atomic mass is 10.1. The van der Waals surface area contributed by atoms with E-state index in [0.29, 0.717) is 0 Å². The van der Waals surface area contributed by atoms with E-state index in [1.807, 2.05) is 0 Å². The number of hydrogen-bond donors (Lipinski definition) is 1. The molecule has 0 aliphatic rings. The van der Waals surface area contributed by atoms with Gasteiger partial charge in [-0.3, -0.25) is 0 Å². The molecular weight excluding hydrogens is 296 g/mol. The van der Waals surface area contributed by atoms with Crippen molar-refractivity contribution in [1.82, 2.24) is 0 Å². The van der Waals surface area contributed by atoms with Crippen molar-refractivity contribution in [3.05, 3.63) is 65.0 Å². The molecule has 2 aromatic carbocycles. The Bertz CT molecular complexity index is 650. The van der Waals surface area contributed by atoms with Gasteiger partial charge in [-0.25, -0.2) is 13.2 Å². The Morgan fingerprint density at radius 1 is 0.905 bits per heavy atom. The van der Waals surface area contributed by atoms with Crippen LogP contribution in [-0.2, 0) is 12.7 Å². The van der Waals surface area contributed by atoms with Crippen LogP contribution in [0.15, 0.2) is 36.4 Å². The van der Waals surface area contributed by atoms with Crippen LogP contribution < -0.4 is 5.32 Å². The highest BCUT2D eigenvalue weighted by atomic mass is 19.4. The lowest BCUT2D eigenvalue weighted by molar-refractivity contribution is -0.137. The molecule has 0 spiro atoms. The van der Waals surface area contributed by atoms with E-state index < -0.39 is 29.2 Å². The molecule has 0 aliphatic heterocycles. The maximum atomic E-state index is 13.4. The molecule has 0 saturated carbocycles. The average molecular weight is 305 g/mol. The maximum Gasteiger partial charge on any atom is 0.416 e. The normalized spacial score (nSPS) is 11.5. The molecule has 0 unspecified atom stereocenters. The second kappa shape index (κ2) is 5.67. The van der Waals surface area contributed by atoms with Gasteiger partial charge in [-0.15, -0.1) is 0 Å². The van der Waals surface area contributed by atoms with Gasteiger partial charge in [0.1, 0.15) is 0 Å². The lowest BCUT2D eigenvalue weighted by Gasteiger charge is -2.11. The van der Waals surface area contributed by atoms with Gasteiger partial charge >= 0.3 is 6.18 Å². The summed E-state index contributed by atoms with van der Waals surface area (Å²) in [6.45, 7) is -0.161. The highest BCUT2D eigenvalue weighted by Gasteiger charge is 2.30. The Hall–Kier alpha value is -2.18. The van der Waals surface area contributed by atoms with Crippen LogP contribution in [0, 0.1) is 17.5 Å². The van der Waals surface area contributed by atoms with Crippen molar-refractivity contribution in [3.63, 3.8) is 0 Å². The summed E-state index contributed by atoms with van der Waals surface area (Å²) in [6.07, 6.45) is -4.48. The number of rotatable bonds is 3. The molecule has 0 fully saturated rings. The molecule has 7 heteroatoms. The van der Waals surface area contributed by atoms with Gasteiger partial charge in [0.25, 0.3) is 0 Å². The van der Waals surface area contributed by atoms with E-state index in [4.69, 9.17) is 0 Å². The van der Waals surface area contributed by atoms with Crippen molar-refractivity contribution >= 4 is 5.69 Å². The Labute approximate surface area is 116 Å². The van der Waals surface area contributed by atoms with Crippen molar-refractivity contribution < 1.29 is 26.3 Å². The number of halogens is 6. The summed E-state index contributed by atoms with van der Waals surface area (Å²) in [5.74, 6) is -4.39. The molecule has 0 bridgehead atoms. The second-order valence-electron chi connectivity index (χ2n) is 4.27. The standard InChI is InChI=1S/C14H9F6N/c15-10-4-5-11(13(17)12(10)16)21-7-8-2-1-3-9(6-8)14(18,19)20/h1-6,21H,7H2. The third-order valence-corrected chi connectivity index (χ3v) is 2.77. The van der Waals surface area contributed by atoms with Crippen molar-refractivity contribution in [2.75, 3.05) is 5.32 Å². The fourth-order valence-electron chi connectivity index (χ4n) is 1.72. The zero-order valence-electron chi connectivity index (χ0n) is 10.4. The molecule has 112 valence electrons. The number of benzene rings is 2. The second-order valence-corrected chi connectivity index (χ2v) is 4.27. The van der Waals surface area contributed by atoms with E-state index in [1.54, 1.807) is 0 Å². The monoisotopic (exact) mass is 305 g/mol. The summed E-state index contributed by atoms with van der Waals surface area (Å²) in [7, 11) is 0. The molecule has 0 aromatic heterocycles. The summed E-state index contributed by atoms with van der Waals surface area (Å²) >= 11 is 0. The summed E-state index contributed by atoms with van der Waals surface area (Å²) in [5.41, 5.74) is -0.937. The van der Waals surface area contributed by atoms with Crippen LogP contribution in [0.25, 0.3) is 0 Å². The number of alkyl halides is 3. The minimum absolute atomic E-state index is 0.161. The maximum absolute atomic E-state index is 13.4. The first-order chi connectivity index (χ1) is 9.79. The van der Waals surface area contributed by atoms with Crippen molar-refractivity contribution in [3.8, 4) is 0 Å². The predicted octanol–water partition coefficient (Wildman–Crippen LogP) is 4.73. The molecule has 2 rings (SSSR count). The van der Waals surface area contributed by atoms with Crippen molar-refractivity contribution in [2.45, 2.75) is 12.7 Å². The van der Waals surface area contributed by atoms with E-state index in [1.165, 1.54) is 12.1 Å². The molecule has 0 radical (unpaired) electrons. The zero-order chi connectivity index (χ0) is 15.6. The predicted molar refractivity (Wildman–Crippen MR) is 65.1 cm³/mol. The highest BCUT2D eigenvalue weighted by molar-refractivity contribution is 5.46. The van der Waals surface area contributed by atoms with Crippen LogP contribution in [-0.4, -0.2) is 0 Å². The molecule has 1 N–H and O–H groups in total. The first kappa shape index (κ1) is 15.2. The van der Waals surface area contributed by atoms with Crippen LogP contribution in [0.1, 0.15) is 11.1 Å². The minimum atomic E-state index is -4.48. The van der Waals surface area contributed by atoms with Crippen LogP contribution in [0.5, 0.6) is 0 Å². The SMILES string of the molecule is Fc1ccc(NCc2cccc(C(F)(F)F)c2)c(F)c1F. The lowest BCUT2D eigenvalue weighted by Crippen LogP contribution is -2.08. The number of anilines is 1. The van der Waals surface area contributed by atoms with Gasteiger partial charge in [0.05, 0.1) is 11.3 Å². The van der Waals surface area contributed by atoms with Crippen LogP contribution in [0.2, 0.25) is 0 Å². The molecule has 1 nitrogen and oxygen atoms in total. The Balaban J connectivity index is 2.16. The van der Waals surface area contributed by atoms with Gasteiger partial charge < -0.3 is 5.32 Å². The van der Waals surface area contributed by atoms with Gasteiger partial charge in [0.15, 0.2) is 17.5 Å². The summed E-state index contributed by atoms with van der Waals surface area (Å²) in [5, 5.41) is 2.43. The topological polar surface area (TPSA) is 12.0 Å². The molecule has 0 atom stereocenters. The number of hydrogen-bond acceptors (Lipinski definition) is 1. The first-order valence-electron chi connectivity index (χ1n) is 5.82. The highest BCUT2D eigenvalue weighted by Crippen LogP contribution is 2.29. The van der Waals surface area contributed by atoms with Gasteiger partial charge in [0, 0.05) is 6.54 Å². The zero-order valence-corrected chi connectivity index (χ0v) is 10.4. The number of nitrogens with one attached hydrogen (secondary N) is 1. The van der Waals surface area contributed by atoms with Gasteiger partial charge in [-0.05, 0) is 29.8 Å². The fraction of sp³-hybridized carbons (Fsp3) is 0.143. The first-order valence-corrected chi connectivity index (χ1v) is 5.82. The molecule has 2 aromatic rings. The van der Waals surface area contributed by atoms with E-state index >= 15 is 0 Å². The molecule has 21 heavy (non-hydrogen) atoms. The molecular formula is C14H9F6N. The largest absolute Gasteiger partial charge is 0.416 e. The third-order valence-electron chi connectivity index (χ3n) is 2.77. The Kier molecular flexibility index (Phi) is 4.11. The van der Waals surface area contributed by atoms with Crippen LogP contribution >= 0.6 is 0 Å². The molecule has 0 heterocycles. The van der Waals surface area contributed by atoms with E-state index in [-0.39, 0.29) is 17.8 Å².